The van der Waals surface area contributed by atoms with Gasteiger partial charge in [0, 0.05) is 43.7 Å². The summed E-state index contributed by atoms with van der Waals surface area (Å²) in [5, 5.41) is 3.28. The number of amides is 1. The summed E-state index contributed by atoms with van der Waals surface area (Å²) in [6, 6.07) is 21.6. The van der Waals surface area contributed by atoms with Crippen LogP contribution < -0.4 is 5.32 Å². The van der Waals surface area contributed by atoms with E-state index in [0.29, 0.717) is 30.3 Å². The summed E-state index contributed by atoms with van der Waals surface area (Å²) in [6.07, 6.45) is 4.95. The SMILES string of the molecule is CC(C)C[C@H]1[C@H]2[C@@H]3C=N[C@@]1(C(=O)NCCc1ccccc1)C[C@@H]3CN2Cc1ccccc1. The van der Waals surface area contributed by atoms with Gasteiger partial charge in [-0.15, -0.1) is 0 Å². The standard InChI is InChI=1S/C28H35N3O/c1-20(2)15-25-26-24-17-30-28(25,27(32)29-14-13-21-9-5-3-6-10-21)16-23(24)19-31(26)18-22-11-7-4-8-12-22/h3-12,17,20,23-26H,13-16,18-19H2,1-2H3,(H,29,32)/t23-,24-,25+,26-,28+/m1/s1. The van der Waals surface area contributed by atoms with E-state index in [9.17, 15) is 4.79 Å². The fourth-order valence-electron chi connectivity index (χ4n) is 6.47. The molecule has 2 aromatic rings. The minimum atomic E-state index is -0.601. The normalized spacial score (nSPS) is 30.7. The van der Waals surface area contributed by atoms with E-state index in [0.717, 1.165) is 32.4 Å². The van der Waals surface area contributed by atoms with Gasteiger partial charge < -0.3 is 5.32 Å². The average Bonchev–Trinajstić information content (AvgIpc) is 3.10. The Kier molecular flexibility index (Phi) is 5.90. The van der Waals surface area contributed by atoms with Crippen LogP contribution in [0.15, 0.2) is 65.7 Å². The summed E-state index contributed by atoms with van der Waals surface area (Å²) >= 11 is 0. The van der Waals surface area contributed by atoms with Gasteiger partial charge in [0.05, 0.1) is 0 Å². The van der Waals surface area contributed by atoms with Crippen LogP contribution in [0.2, 0.25) is 0 Å². The monoisotopic (exact) mass is 429 g/mol. The summed E-state index contributed by atoms with van der Waals surface area (Å²) < 4.78 is 0. The second-order valence-corrected chi connectivity index (χ2v) is 10.4. The van der Waals surface area contributed by atoms with Crippen LogP contribution in [0.3, 0.4) is 0 Å². The molecule has 3 aliphatic heterocycles. The van der Waals surface area contributed by atoms with Crippen LogP contribution in [0.5, 0.6) is 0 Å². The van der Waals surface area contributed by atoms with Gasteiger partial charge in [0.15, 0.2) is 0 Å². The number of aliphatic imine (C=N–C) groups is 1. The third-order valence-corrected chi connectivity index (χ3v) is 7.79. The quantitative estimate of drug-likeness (QED) is 0.678. The zero-order chi connectivity index (χ0) is 22.1. The lowest BCUT2D eigenvalue weighted by atomic mass is 9.59. The van der Waals surface area contributed by atoms with Crippen LogP contribution in [0.25, 0.3) is 0 Å². The van der Waals surface area contributed by atoms with Crippen LogP contribution in [0.1, 0.15) is 37.8 Å². The molecular formula is C28H35N3O. The molecule has 32 heavy (non-hydrogen) atoms. The van der Waals surface area contributed by atoms with Gasteiger partial charge in [0.2, 0.25) is 5.91 Å². The number of rotatable bonds is 8. The Morgan fingerprint density at radius 3 is 2.47 bits per heavy atom. The molecule has 1 saturated heterocycles. The number of nitrogens with zero attached hydrogens (tertiary/aromatic N) is 2. The van der Waals surface area contributed by atoms with Crippen molar-refractivity contribution in [1.82, 2.24) is 10.2 Å². The molecule has 1 saturated carbocycles. The van der Waals surface area contributed by atoms with Crippen LogP contribution in [-0.2, 0) is 17.8 Å². The van der Waals surface area contributed by atoms with Gasteiger partial charge in [-0.3, -0.25) is 14.7 Å². The number of benzene rings is 2. The fourth-order valence-corrected chi connectivity index (χ4v) is 6.47. The highest BCUT2D eigenvalue weighted by Crippen LogP contribution is 2.54. The molecule has 2 aromatic carbocycles. The third kappa shape index (κ3) is 3.90. The predicted molar refractivity (Wildman–Crippen MR) is 130 cm³/mol. The van der Waals surface area contributed by atoms with Crippen LogP contribution in [0.4, 0.5) is 0 Å². The Labute approximate surface area is 192 Å². The van der Waals surface area contributed by atoms with Crippen LogP contribution in [0, 0.1) is 23.7 Å². The highest BCUT2D eigenvalue weighted by molar-refractivity contribution is 5.91. The maximum atomic E-state index is 13.7. The maximum absolute atomic E-state index is 13.7. The lowest BCUT2D eigenvalue weighted by Gasteiger charge is -2.51. The summed E-state index contributed by atoms with van der Waals surface area (Å²) in [4.78, 5) is 21.4. The van der Waals surface area contributed by atoms with Crippen molar-refractivity contribution >= 4 is 12.1 Å². The van der Waals surface area contributed by atoms with E-state index >= 15 is 0 Å². The zero-order valence-corrected chi connectivity index (χ0v) is 19.3. The Bertz CT molecular complexity index is 957. The second kappa shape index (κ2) is 8.82. The van der Waals surface area contributed by atoms with Crippen LogP contribution >= 0.6 is 0 Å². The molecule has 3 heterocycles. The Morgan fingerprint density at radius 2 is 1.78 bits per heavy atom. The molecule has 4 bridgehead atoms. The van der Waals surface area contributed by atoms with Gasteiger partial charge in [0.1, 0.15) is 5.54 Å². The van der Waals surface area contributed by atoms with E-state index in [2.05, 4.69) is 84.9 Å². The molecule has 0 aromatic heterocycles. The molecule has 0 spiro atoms. The highest BCUT2D eigenvalue weighted by atomic mass is 16.2. The van der Waals surface area contributed by atoms with Crippen molar-refractivity contribution in [1.29, 1.82) is 0 Å². The first-order chi connectivity index (χ1) is 15.6. The van der Waals surface area contributed by atoms with E-state index < -0.39 is 5.54 Å². The van der Waals surface area contributed by atoms with Crippen molar-refractivity contribution in [2.45, 2.75) is 51.2 Å². The molecule has 4 heteroatoms. The topological polar surface area (TPSA) is 44.7 Å². The lowest BCUT2D eigenvalue weighted by Crippen LogP contribution is -2.63. The number of carbonyl (C=O) groups is 1. The third-order valence-electron chi connectivity index (χ3n) is 7.79. The van der Waals surface area contributed by atoms with Gasteiger partial charge in [-0.2, -0.15) is 0 Å². The van der Waals surface area contributed by atoms with Crippen molar-refractivity contribution < 1.29 is 4.79 Å². The van der Waals surface area contributed by atoms with Crippen LogP contribution in [-0.4, -0.2) is 41.7 Å². The largest absolute Gasteiger partial charge is 0.354 e. The fraction of sp³-hybridized carbons (Fsp3) is 0.500. The molecule has 1 N–H and O–H groups in total. The molecule has 2 fully saturated rings. The van der Waals surface area contributed by atoms with Crippen molar-refractivity contribution in [2.24, 2.45) is 28.7 Å². The van der Waals surface area contributed by atoms with Crippen molar-refractivity contribution in [3.05, 3.63) is 71.8 Å². The molecule has 4 aliphatic rings. The van der Waals surface area contributed by atoms with E-state index in [1.807, 2.05) is 6.07 Å². The molecule has 6 rings (SSSR count). The molecule has 0 radical (unpaired) electrons. The minimum Gasteiger partial charge on any atom is -0.354 e. The van der Waals surface area contributed by atoms with Crippen molar-refractivity contribution in [3.63, 3.8) is 0 Å². The summed E-state index contributed by atoms with van der Waals surface area (Å²) in [7, 11) is 0. The first kappa shape index (κ1) is 21.4. The minimum absolute atomic E-state index is 0.144. The Hall–Kier alpha value is -2.46. The van der Waals surface area contributed by atoms with E-state index in [4.69, 9.17) is 4.99 Å². The smallest absolute Gasteiger partial charge is 0.248 e. The maximum Gasteiger partial charge on any atom is 0.248 e. The number of carbonyl (C=O) groups excluding carboxylic acids is 1. The molecule has 1 aliphatic carbocycles. The van der Waals surface area contributed by atoms with Crippen molar-refractivity contribution in [2.75, 3.05) is 13.1 Å². The van der Waals surface area contributed by atoms with Gasteiger partial charge in [-0.1, -0.05) is 74.5 Å². The summed E-state index contributed by atoms with van der Waals surface area (Å²) in [6.45, 7) is 7.26. The first-order valence-corrected chi connectivity index (χ1v) is 12.2. The Balaban J connectivity index is 1.36. The van der Waals surface area contributed by atoms with E-state index in [1.165, 1.54) is 11.1 Å². The summed E-state index contributed by atoms with van der Waals surface area (Å²) in [5.41, 5.74) is 2.02. The molecule has 0 unspecified atom stereocenters. The molecule has 1 amide bonds. The van der Waals surface area contributed by atoms with Gasteiger partial charge in [-0.05, 0) is 42.2 Å². The highest BCUT2D eigenvalue weighted by Gasteiger charge is 2.63. The van der Waals surface area contributed by atoms with Gasteiger partial charge in [-0.25, -0.2) is 0 Å². The lowest BCUT2D eigenvalue weighted by molar-refractivity contribution is -0.132. The number of hydrogen-bond acceptors (Lipinski definition) is 3. The van der Waals surface area contributed by atoms with Gasteiger partial charge in [0.25, 0.3) is 0 Å². The summed E-state index contributed by atoms with van der Waals surface area (Å²) in [5.74, 6) is 1.98. The molecule has 4 nitrogen and oxygen atoms in total. The number of likely N-dealkylation sites (tertiary alicyclic amines) is 1. The second-order valence-electron chi connectivity index (χ2n) is 10.4. The predicted octanol–water partition coefficient (Wildman–Crippen LogP) is 4.35. The zero-order valence-electron chi connectivity index (χ0n) is 19.3. The molecular weight excluding hydrogens is 394 g/mol. The van der Waals surface area contributed by atoms with Gasteiger partial charge >= 0.3 is 0 Å². The first-order valence-electron chi connectivity index (χ1n) is 12.2. The average molecular weight is 430 g/mol. The number of hydrogen-bond donors (Lipinski definition) is 1. The Morgan fingerprint density at radius 1 is 1.09 bits per heavy atom. The van der Waals surface area contributed by atoms with E-state index in [1.54, 1.807) is 0 Å². The molecule has 5 atom stereocenters. The van der Waals surface area contributed by atoms with E-state index in [-0.39, 0.29) is 11.8 Å². The molecule has 168 valence electrons. The van der Waals surface area contributed by atoms with Crippen molar-refractivity contribution in [3.8, 4) is 0 Å². The number of nitrogens with one attached hydrogen (secondary N) is 1.